The van der Waals surface area contributed by atoms with Crippen molar-refractivity contribution >= 4 is 7.12 Å². The van der Waals surface area contributed by atoms with Gasteiger partial charge in [0.15, 0.2) is 0 Å². The molecule has 0 amide bonds. The van der Waals surface area contributed by atoms with Crippen LogP contribution in [0.15, 0.2) is 0 Å². The van der Waals surface area contributed by atoms with Crippen LogP contribution in [-0.2, 0) is 9.31 Å². The summed E-state index contributed by atoms with van der Waals surface area (Å²) in [7, 11) is -0.0324. The summed E-state index contributed by atoms with van der Waals surface area (Å²) in [5, 5.41) is 0. The average Bonchev–Trinajstić information content (AvgIpc) is 1.79. The third-order valence-electron chi connectivity index (χ3n) is 1.84. The van der Waals surface area contributed by atoms with Gasteiger partial charge in [-0.05, 0) is 27.6 Å². The van der Waals surface area contributed by atoms with Crippen molar-refractivity contribution in [1.29, 1.82) is 0 Å². The zero-order valence-electron chi connectivity index (χ0n) is 7.18. The van der Waals surface area contributed by atoms with Gasteiger partial charge in [0.2, 0.25) is 0 Å². The van der Waals surface area contributed by atoms with Gasteiger partial charge in [-0.25, -0.2) is 0 Å². The monoisotopic (exact) mass is 145 g/mol. The molecule has 4 heteroatoms. The van der Waals surface area contributed by atoms with E-state index in [1.54, 1.807) is 0 Å². The lowest BCUT2D eigenvalue weighted by Gasteiger charge is -2.21. The van der Waals surface area contributed by atoms with E-state index in [2.05, 4.69) is 0 Å². The van der Waals surface area contributed by atoms with Crippen LogP contribution in [0, 0.1) is 0 Å². The van der Waals surface area contributed by atoms with Crippen molar-refractivity contribution in [3.63, 3.8) is 0 Å². The fourth-order valence-electron chi connectivity index (χ4n) is 1.00. The first-order valence-corrected chi connectivity index (χ1v) is 3.35. The Labute approximate surface area is 62.8 Å². The molecule has 10 heavy (non-hydrogen) atoms. The molecule has 0 spiro atoms. The average molecular weight is 145 g/mol. The molecule has 1 aliphatic rings. The van der Waals surface area contributed by atoms with Crippen LogP contribution in [0.1, 0.15) is 20.8 Å². The molecule has 60 valence electrons. The Balaban J connectivity index is 0.000000810. The molecular formula is C6H16BNO2. The van der Waals surface area contributed by atoms with Crippen molar-refractivity contribution in [2.75, 3.05) is 0 Å². The molecule has 1 aliphatic heterocycles. The minimum Gasteiger partial charge on any atom is -0.406 e. The minimum absolute atomic E-state index is 0. The van der Waals surface area contributed by atoms with E-state index in [-0.39, 0.29) is 25.0 Å². The van der Waals surface area contributed by atoms with E-state index in [9.17, 15) is 0 Å². The van der Waals surface area contributed by atoms with E-state index in [0.29, 0.717) is 0 Å². The number of hydrogen-bond acceptors (Lipinski definition) is 3. The molecule has 0 aromatic rings. The third kappa shape index (κ3) is 1.72. The van der Waals surface area contributed by atoms with E-state index in [4.69, 9.17) is 9.31 Å². The molecule has 3 nitrogen and oxygen atoms in total. The molecule has 0 aromatic carbocycles. The molecule has 0 bridgehead atoms. The maximum Gasteiger partial charge on any atom is 0.454 e. The highest BCUT2D eigenvalue weighted by Gasteiger charge is 2.39. The largest absolute Gasteiger partial charge is 0.454 e. The second-order valence-electron chi connectivity index (χ2n) is 3.07. The second kappa shape index (κ2) is 2.90. The van der Waals surface area contributed by atoms with Crippen LogP contribution in [0.25, 0.3) is 0 Å². The van der Waals surface area contributed by atoms with Crippen molar-refractivity contribution in [2.24, 2.45) is 0 Å². The van der Waals surface area contributed by atoms with Gasteiger partial charge in [-0.2, -0.15) is 0 Å². The minimum atomic E-state index is -0.0978. The molecule has 1 saturated heterocycles. The van der Waals surface area contributed by atoms with Crippen LogP contribution in [0.5, 0.6) is 0 Å². The van der Waals surface area contributed by atoms with Gasteiger partial charge in [0.25, 0.3) is 0 Å². The number of hydrogen-bond donors (Lipinski definition) is 1. The van der Waals surface area contributed by atoms with Crippen molar-refractivity contribution < 1.29 is 9.31 Å². The Morgan fingerprint density at radius 2 is 1.90 bits per heavy atom. The van der Waals surface area contributed by atoms with Crippen LogP contribution in [0.2, 0.25) is 6.82 Å². The molecule has 1 unspecified atom stereocenters. The summed E-state index contributed by atoms with van der Waals surface area (Å²) in [6.07, 6.45) is 0.215. The van der Waals surface area contributed by atoms with Gasteiger partial charge < -0.3 is 15.5 Å². The normalized spacial score (nSPS) is 30.0. The van der Waals surface area contributed by atoms with Crippen LogP contribution in [0.4, 0.5) is 0 Å². The van der Waals surface area contributed by atoms with Crippen molar-refractivity contribution in [3.05, 3.63) is 0 Å². The quantitative estimate of drug-likeness (QED) is 0.525. The molecule has 1 atom stereocenters. The molecule has 0 aromatic heterocycles. The van der Waals surface area contributed by atoms with Crippen LogP contribution in [-0.4, -0.2) is 18.8 Å². The molecule has 0 saturated carbocycles. The van der Waals surface area contributed by atoms with Gasteiger partial charge in [-0.15, -0.1) is 0 Å². The van der Waals surface area contributed by atoms with Gasteiger partial charge in [-0.1, -0.05) is 0 Å². The van der Waals surface area contributed by atoms with Crippen LogP contribution >= 0.6 is 0 Å². The van der Waals surface area contributed by atoms with E-state index >= 15 is 0 Å². The van der Waals surface area contributed by atoms with Gasteiger partial charge >= 0.3 is 7.12 Å². The summed E-state index contributed by atoms with van der Waals surface area (Å²) in [6, 6.07) is 0. The zero-order chi connectivity index (χ0) is 7.07. The van der Waals surface area contributed by atoms with E-state index in [0.717, 1.165) is 0 Å². The molecule has 1 fully saturated rings. The standard InChI is InChI=1S/C6H13BO2.H3N/c1-5-6(2,3)9-7(4)8-5;/h5H,1-4H3;1H3. The summed E-state index contributed by atoms with van der Waals surface area (Å²) in [4.78, 5) is 0. The molecule has 1 rings (SSSR count). The Hall–Kier alpha value is -0.0551. The summed E-state index contributed by atoms with van der Waals surface area (Å²) < 4.78 is 10.8. The highest BCUT2D eigenvalue weighted by atomic mass is 16.7. The van der Waals surface area contributed by atoms with Crippen molar-refractivity contribution in [2.45, 2.75) is 39.3 Å². The number of rotatable bonds is 0. The predicted molar refractivity (Wildman–Crippen MR) is 42.4 cm³/mol. The molecular weight excluding hydrogens is 129 g/mol. The first-order chi connectivity index (χ1) is 4.02. The maximum absolute atomic E-state index is 5.44. The Morgan fingerprint density at radius 1 is 1.40 bits per heavy atom. The summed E-state index contributed by atoms with van der Waals surface area (Å²) >= 11 is 0. The Kier molecular flexibility index (Phi) is 2.89. The molecule has 3 N–H and O–H groups in total. The van der Waals surface area contributed by atoms with Gasteiger partial charge in [0.05, 0.1) is 11.7 Å². The highest BCUT2D eigenvalue weighted by Crippen LogP contribution is 2.26. The fourth-order valence-corrected chi connectivity index (χ4v) is 1.00. The molecule has 1 heterocycles. The van der Waals surface area contributed by atoms with Crippen molar-refractivity contribution in [3.8, 4) is 0 Å². The lowest BCUT2D eigenvalue weighted by Crippen LogP contribution is -2.30. The Morgan fingerprint density at radius 3 is 2.00 bits per heavy atom. The summed E-state index contributed by atoms with van der Waals surface area (Å²) in [6.45, 7) is 8.04. The zero-order valence-corrected chi connectivity index (χ0v) is 7.18. The smallest absolute Gasteiger partial charge is 0.406 e. The maximum atomic E-state index is 5.44. The summed E-state index contributed by atoms with van der Waals surface area (Å²) in [5.74, 6) is 0. The molecule has 0 aliphatic carbocycles. The lowest BCUT2D eigenvalue weighted by molar-refractivity contribution is 0.0841. The first kappa shape index (κ1) is 9.94. The third-order valence-corrected chi connectivity index (χ3v) is 1.84. The van der Waals surface area contributed by atoms with Gasteiger partial charge in [0.1, 0.15) is 0 Å². The van der Waals surface area contributed by atoms with Gasteiger partial charge in [0, 0.05) is 0 Å². The first-order valence-electron chi connectivity index (χ1n) is 3.35. The lowest BCUT2D eigenvalue weighted by atomic mass is 9.96. The molecule has 0 radical (unpaired) electrons. The second-order valence-corrected chi connectivity index (χ2v) is 3.07. The predicted octanol–water partition coefficient (Wildman–Crippen LogP) is 1.48. The Bertz CT molecular complexity index is 118. The summed E-state index contributed by atoms with van der Waals surface area (Å²) in [5.41, 5.74) is -0.0978. The van der Waals surface area contributed by atoms with Crippen molar-refractivity contribution in [1.82, 2.24) is 6.15 Å². The van der Waals surface area contributed by atoms with Crippen LogP contribution in [0.3, 0.4) is 0 Å². The highest BCUT2D eigenvalue weighted by molar-refractivity contribution is 6.43. The van der Waals surface area contributed by atoms with E-state index < -0.39 is 0 Å². The fraction of sp³-hybridized carbons (Fsp3) is 1.00. The van der Waals surface area contributed by atoms with Crippen LogP contribution < -0.4 is 6.15 Å². The van der Waals surface area contributed by atoms with E-state index in [1.807, 2.05) is 27.6 Å². The van der Waals surface area contributed by atoms with Gasteiger partial charge in [-0.3, -0.25) is 0 Å². The van der Waals surface area contributed by atoms with E-state index in [1.165, 1.54) is 0 Å². The topological polar surface area (TPSA) is 53.5 Å². The SMILES string of the molecule is CB1OC(C)C(C)(C)O1.N.